The predicted octanol–water partition coefficient (Wildman–Crippen LogP) is 0.709. The molecule has 0 saturated heterocycles. The van der Waals surface area contributed by atoms with Gasteiger partial charge in [-0.2, -0.15) is 0 Å². The normalized spacial score (nSPS) is 12.5. The minimum atomic E-state index is -3.87. The molecule has 116 valence electrons. The standard InChI is InChI=1S/C12H17N3O5S/c1-2-4-10(11(16)17)15-12(18)14-8-5-3-6-9(7-8)21(13,19)20/h3,5-7,10H,2,4H2,1H3,(H,16,17)(H2,13,19,20)(H2,14,15,18)/t10-/m1/s1. The van der Waals surface area contributed by atoms with Crippen molar-refractivity contribution < 1.29 is 23.1 Å². The summed E-state index contributed by atoms with van der Waals surface area (Å²) in [6, 6.07) is 3.61. The summed E-state index contributed by atoms with van der Waals surface area (Å²) in [6.07, 6.45) is 0.887. The lowest BCUT2D eigenvalue weighted by Gasteiger charge is -2.14. The molecule has 9 heteroatoms. The smallest absolute Gasteiger partial charge is 0.326 e. The Morgan fingerprint density at radius 2 is 2.05 bits per heavy atom. The van der Waals surface area contributed by atoms with Crippen molar-refractivity contribution in [2.45, 2.75) is 30.7 Å². The lowest BCUT2D eigenvalue weighted by molar-refractivity contribution is -0.139. The number of anilines is 1. The number of aliphatic carboxylic acids is 1. The van der Waals surface area contributed by atoms with E-state index < -0.39 is 28.1 Å². The van der Waals surface area contributed by atoms with Crippen molar-refractivity contribution in [2.75, 3.05) is 5.32 Å². The Kier molecular flexibility index (Phi) is 5.68. The monoisotopic (exact) mass is 315 g/mol. The van der Waals surface area contributed by atoms with Crippen LogP contribution in [-0.2, 0) is 14.8 Å². The van der Waals surface area contributed by atoms with Crippen LogP contribution in [0.4, 0.5) is 10.5 Å². The van der Waals surface area contributed by atoms with Gasteiger partial charge in [0.05, 0.1) is 4.90 Å². The van der Waals surface area contributed by atoms with Crippen LogP contribution in [0.5, 0.6) is 0 Å². The number of sulfonamides is 1. The number of hydrogen-bond acceptors (Lipinski definition) is 4. The first-order chi connectivity index (χ1) is 9.74. The fraction of sp³-hybridized carbons (Fsp3) is 0.333. The van der Waals surface area contributed by atoms with Gasteiger partial charge in [0.25, 0.3) is 0 Å². The summed E-state index contributed by atoms with van der Waals surface area (Å²) in [5.41, 5.74) is 0.194. The first-order valence-electron chi connectivity index (χ1n) is 6.17. The van der Waals surface area contributed by atoms with Crippen molar-refractivity contribution in [3.05, 3.63) is 24.3 Å². The van der Waals surface area contributed by atoms with Crippen molar-refractivity contribution >= 4 is 27.7 Å². The maximum absolute atomic E-state index is 11.7. The molecule has 2 amide bonds. The summed E-state index contributed by atoms with van der Waals surface area (Å²) in [4.78, 5) is 22.5. The van der Waals surface area contributed by atoms with E-state index >= 15 is 0 Å². The van der Waals surface area contributed by atoms with E-state index in [1.54, 1.807) is 6.92 Å². The molecule has 5 N–H and O–H groups in total. The third-order valence-corrected chi connectivity index (χ3v) is 3.51. The molecule has 0 saturated carbocycles. The Hall–Kier alpha value is -2.13. The second-order valence-electron chi connectivity index (χ2n) is 4.35. The first-order valence-corrected chi connectivity index (χ1v) is 7.72. The van der Waals surface area contributed by atoms with Crippen molar-refractivity contribution in [1.82, 2.24) is 5.32 Å². The lowest BCUT2D eigenvalue weighted by Crippen LogP contribution is -2.42. The number of carbonyl (C=O) groups excluding carboxylic acids is 1. The topological polar surface area (TPSA) is 139 Å². The molecule has 1 atom stereocenters. The zero-order valence-electron chi connectivity index (χ0n) is 11.4. The SMILES string of the molecule is CCC[C@@H](NC(=O)Nc1cccc(S(N)(=O)=O)c1)C(=O)O. The molecule has 0 bridgehead atoms. The Labute approximate surface area is 122 Å². The third-order valence-electron chi connectivity index (χ3n) is 2.60. The third kappa shape index (κ3) is 5.40. The molecule has 0 aliphatic carbocycles. The van der Waals surface area contributed by atoms with E-state index in [4.69, 9.17) is 10.2 Å². The molecular weight excluding hydrogens is 298 g/mol. The van der Waals surface area contributed by atoms with Crippen molar-refractivity contribution in [1.29, 1.82) is 0 Å². The zero-order valence-corrected chi connectivity index (χ0v) is 12.2. The number of primary sulfonamides is 1. The number of rotatable bonds is 6. The van der Waals surface area contributed by atoms with Gasteiger partial charge in [-0.1, -0.05) is 19.4 Å². The molecule has 21 heavy (non-hydrogen) atoms. The van der Waals surface area contributed by atoms with E-state index in [1.807, 2.05) is 0 Å². The molecule has 0 fully saturated rings. The summed E-state index contributed by atoms with van der Waals surface area (Å²) in [5, 5.41) is 18.6. The predicted molar refractivity (Wildman–Crippen MR) is 76.3 cm³/mol. The molecule has 0 aliphatic rings. The van der Waals surface area contributed by atoms with Crippen LogP contribution >= 0.6 is 0 Å². The summed E-state index contributed by atoms with van der Waals surface area (Å²) < 4.78 is 22.4. The highest BCUT2D eigenvalue weighted by atomic mass is 32.2. The molecular formula is C12H17N3O5S. The van der Waals surface area contributed by atoms with Crippen LogP contribution in [0.2, 0.25) is 0 Å². The maximum atomic E-state index is 11.7. The summed E-state index contributed by atoms with van der Waals surface area (Å²) in [5.74, 6) is -1.13. The van der Waals surface area contributed by atoms with Crippen LogP contribution in [0.15, 0.2) is 29.2 Å². The number of carboxylic acids is 1. The molecule has 0 aliphatic heterocycles. The van der Waals surface area contributed by atoms with E-state index in [-0.39, 0.29) is 10.6 Å². The number of nitrogens with one attached hydrogen (secondary N) is 2. The zero-order chi connectivity index (χ0) is 16.0. The van der Waals surface area contributed by atoms with E-state index in [1.165, 1.54) is 24.3 Å². The minimum Gasteiger partial charge on any atom is -0.480 e. The molecule has 0 radical (unpaired) electrons. The van der Waals surface area contributed by atoms with E-state index in [9.17, 15) is 18.0 Å². The molecule has 0 unspecified atom stereocenters. The molecule has 1 aromatic rings. The van der Waals surface area contributed by atoms with Crippen LogP contribution in [0.1, 0.15) is 19.8 Å². The van der Waals surface area contributed by atoms with Gasteiger partial charge in [-0.3, -0.25) is 0 Å². The number of carboxylic acid groups (broad SMARTS) is 1. The fourth-order valence-electron chi connectivity index (χ4n) is 1.62. The second-order valence-corrected chi connectivity index (χ2v) is 5.91. The van der Waals surface area contributed by atoms with Gasteiger partial charge in [-0.25, -0.2) is 23.1 Å². The molecule has 0 aromatic heterocycles. The van der Waals surface area contributed by atoms with Crippen LogP contribution in [-0.4, -0.2) is 31.6 Å². The number of amides is 2. The second kappa shape index (κ2) is 7.04. The average molecular weight is 315 g/mol. The van der Waals surface area contributed by atoms with E-state index in [2.05, 4.69) is 10.6 Å². The summed E-state index contributed by atoms with van der Waals surface area (Å²) >= 11 is 0. The van der Waals surface area contributed by atoms with Gasteiger partial charge in [0.15, 0.2) is 0 Å². The summed E-state index contributed by atoms with van der Waals surface area (Å²) in [6.45, 7) is 1.80. The number of carbonyl (C=O) groups is 2. The van der Waals surface area contributed by atoms with Crippen LogP contribution in [0.3, 0.4) is 0 Å². The quantitative estimate of drug-likeness (QED) is 0.612. The highest BCUT2D eigenvalue weighted by Gasteiger charge is 2.19. The van der Waals surface area contributed by atoms with Gasteiger partial charge in [-0.15, -0.1) is 0 Å². The van der Waals surface area contributed by atoms with Crippen LogP contribution in [0.25, 0.3) is 0 Å². The van der Waals surface area contributed by atoms with Crippen molar-refractivity contribution in [2.24, 2.45) is 5.14 Å². The highest BCUT2D eigenvalue weighted by Crippen LogP contribution is 2.14. The Balaban J connectivity index is 2.77. The van der Waals surface area contributed by atoms with Crippen molar-refractivity contribution in [3.63, 3.8) is 0 Å². The maximum Gasteiger partial charge on any atom is 0.326 e. The van der Waals surface area contributed by atoms with E-state index in [0.717, 1.165) is 0 Å². The highest BCUT2D eigenvalue weighted by molar-refractivity contribution is 7.89. The van der Waals surface area contributed by atoms with Gasteiger partial charge in [-0.05, 0) is 24.6 Å². The minimum absolute atomic E-state index is 0.149. The van der Waals surface area contributed by atoms with Crippen LogP contribution in [0, 0.1) is 0 Å². The van der Waals surface area contributed by atoms with Gasteiger partial charge in [0.1, 0.15) is 6.04 Å². The van der Waals surface area contributed by atoms with Crippen molar-refractivity contribution in [3.8, 4) is 0 Å². The number of nitrogens with two attached hydrogens (primary N) is 1. The largest absolute Gasteiger partial charge is 0.480 e. The Morgan fingerprint density at radius 1 is 1.38 bits per heavy atom. The summed E-state index contributed by atoms with van der Waals surface area (Å²) in [7, 11) is -3.87. The average Bonchev–Trinajstić information content (AvgIpc) is 2.37. The van der Waals surface area contributed by atoms with Gasteiger partial charge in [0.2, 0.25) is 10.0 Å². The van der Waals surface area contributed by atoms with Gasteiger partial charge in [0, 0.05) is 5.69 Å². The fourth-order valence-corrected chi connectivity index (χ4v) is 2.18. The lowest BCUT2D eigenvalue weighted by atomic mass is 10.2. The molecule has 0 spiro atoms. The molecule has 0 heterocycles. The number of benzene rings is 1. The first kappa shape index (κ1) is 16.9. The molecule has 1 rings (SSSR count). The Morgan fingerprint density at radius 3 is 2.57 bits per heavy atom. The van der Waals surface area contributed by atoms with Gasteiger partial charge < -0.3 is 15.7 Å². The van der Waals surface area contributed by atoms with Crippen LogP contribution < -0.4 is 15.8 Å². The molecule has 1 aromatic carbocycles. The number of urea groups is 1. The van der Waals surface area contributed by atoms with Gasteiger partial charge >= 0.3 is 12.0 Å². The Bertz CT molecular complexity index is 630. The van der Waals surface area contributed by atoms with E-state index in [0.29, 0.717) is 12.8 Å². The molecule has 8 nitrogen and oxygen atoms in total. The number of hydrogen-bond donors (Lipinski definition) is 4.